The number of ether oxygens (including phenoxy) is 1. The van der Waals surface area contributed by atoms with E-state index in [2.05, 4.69) is 11.9 Å². The van der Waals surface area contributed by atoms with Gasteiger partial charge >= 0.3 is 17.1 Å². The van der Waals surface area contributed by atoms with Crippen LogP contribution in [0.5, 0.6) is 0 Å². The largest absolute Gasteiger partial charge is 0.480 e. The molecular formula is C21H26F6N4O6S2. The summed E-state index contributed by atoms with van der Waals surface area (Å²) in [6, 6.07) is 8.02. The van der Waals surface area contributed by atoms with Gasteiger partial charge in [0.2, 0.25) is 6.33 Å². The van der Waals surface area contributed by atoms with Crippen molar-refractivity contribution in [3.05, 3.63) is 64.8 Å². The molecule has 0 atom stereocenters. The van der Waals surface area contributed by atoms with Gasteiger partial charge in [0.1, 0.15) is 25.5 Å². The second-order valence-corrected chi connectivity index (χ2v) is 11.9. The highest BCUT2D eigenvalue weighted by Gasteiger charge is 2.46. The number of hydrogen-bond donors (Lipinski definition) is 1. The SMILES string of the molecule is C=C(C)c1cccc(C(C)(C)NC(=O)OCCn2cc[n+](C)c2)c1.O=S(=O)([N-]S(=O)(=O)C(F)(F)F)C(F)(F)F. The Labute approximate surface area is 221 Å². The minimum Gasteiger partial charge on any atom is -0.445 e. The Kier molecular flexibility index (Phi) is 10.8. The van der Waals surface area contributed by atoms with Crippen LogP contribution < -0.4 is 9.88 Å². The molecule has 0 fully saturated rings. The number of sulfonamides is 2. The minimum absolute atomic E-state index is 0.322. The molecule has 10 nitrogen and oxygen atoms in total. The summed E-state index contributed by atoms with van der Waals surface area (Å²) in [5, 5.41) is 2.92. The average molecular weight is 609 g/mol. The lowest BCUT2D eigenvalue weighted by Crippen LogP contribution is -2.41. The first-order chi connectivity index (χ1) is 17.5. The van der Waals surface area contributed by atoms with Gasteiger partial charge in [-0.25, -0.2) is 30.8 Å². The average Bonchev–Trinajstić information content (AvgIpc) is 3.16. The van der Waals surface area contributed by atoms with Crippen molar-refractivity contribution in [3.63, 3.8) is 0 Å². The van der Waals surface area contributed by atoms with Gasteiger partial charge in [-0.2, -0.15) is 26.3 Å². The number of rotatable bonds is 8. The molecule has 220 valence electrons. The van der Waals surface area contributed by atoms with Crippen LogP contribution in [0, 0.1) is 0 Å². The zero-order valence-electron chi connectivity index (χ0n) is 21.0. The molecule has 0 spiro atoms. The maximum Gasteiger partial charge on any atom is 0.480 e. The molecule has 1 aromatic carbocycles. The number of carbonyl (C=O) groups excluding carboxylic acids is 1. The summed E-state index contributed by atoms with van der Waals surface area (Å²) in [5.74, 6) is 0. The van der Waals surface area contributed by atoms with E-state index in [-0.39, 0.29) is 0 Å². The van der Waals surface area contributed by atoms with E-state index in [9.17, 15) is 48.0 Å². The van der Waals surface area contributed by atoms with Crippen molar-refractivity contribution in [1.29, 1.82) is 0 Å². The smallest absolute Gasteiger partial charge is 0.445 e. The minimum atomic E-state index is -6.72. The third kappa shape index (κ3) is 10.2. The molecule has 1 N–H and O–H groups in total. The lowest BCUT2D eigenvalue weighted by molar-refractivity contribution is -0.671. The molecule has 0 aliphatic carbocycles. The first kappa shape index (κ1) is 33.9. The first-order valence-corrected chi connectivity index (χ1v) is 13.5. The third-order valence-corrected chi connectivity index (χ3v) is 7.42. The predicted molar refractivity (Wildman–Crippen MR) is 128 cm³/mol. The van der Waals surface area contributed by atoms with E-state index in [0.29, 0.717) is 13.2 Å². The van der Waals surface area contributed by atoms with Gasteiger partial charge in [-0.3, -0.25) is 0 Å². The number of allylic oxidation sites excluding steroid dienone is 1. The fraction of sp³-hybridized carbons (Fsp3) is 0.429. The van der Waals surface area contributed by atoms with Crippen LogP contribution in [-0.2, 0) is 43.9 Å². The maximum atomic E-state index is 12.1. The Morgan fingerprint density at radius 3 is 2.05 bits per heavy atom. The summed E-state index contributed by atoms with van der Waals surface area (Å²) in [5.41, 5.74) is -9.86. The Balaban J connectivity index is 0.000000439. The number of benzene rings is 1. The van der Waals surface area contributed by atoms with Crippen LogP contribution in [0.4, 0.5) is 31.1 Å². The number of alkyl carbamates (subject to hydrolysis) is 1. The number of hydrogen-bond acceptors (Lipinski definition) is 6. The van der Waals surface area contributed by atoms with E-state index in [0.717, 1.165) is 20.8 Å². The summed E-state index contributed by atoms with van der Waals surface area (Å²) in [4.78, 5) is 12.1. The lowest BCUT2D eigenvalue weighted by Gasteiger charge is -2.27. The highest BCUT2D eigenvalue weighted by Crippen LogP contribution is 2.36. The second kappa shape index (κ2) is 12.4. The van der Waals surface area contributed by atoms with Gasteiger partial charge in [0, 0.05) is 0 Å². The highest BCUT2D eigenvalue weighted by atomic mass is 32.3. The van der Waals surface area contributed by atoms with E-state index in [1.165, 1.54) is 0 Å². The van der Waals surface area contributed by atoms with E-state index >= 15 is 0 Å². The van der Waals surface area contributed by atoms with Crippen LogP contribution in [0.25, 0.3) is 9.70 Å². The number of imidazole rings is 1. The monoisotopic (exact) mass is 608 g/mol. The molecule has 1 heterocycles. The zero-order chi connectivity index (χ0) is 30.4. The topological polar surface area (TPSA) is 130 Å². The Morgan fingerprint density at radius 2 is 1.62 bits per heavy atom. The fourth-order valence-electron chi connectivity index (χ4n) is 2.63. The summed E-state index contributed by atoms with van der Waals surface area (Å²) in [7, 11) is -11.5. The molecule has 0 unspecified atom stereocenters. The molecule has 0 radical (unpaired) electrons. The molecule has 39 heavy (non-hydrogen) atoms. The maximum absolute atomic E-state index is 12.1. The molecule has 0 bridgehead atoms. The van der Waals surface area contributed by atoms with E-state index in [1.54, 1.807) is 0 Å². The van der Waals surface area contributed by atoms with E-state index in [1.807, 2.05) is 79.9 Å². The van der Waals surface area contributed by atoms with Crippen LogP contribution in [-0.4, -0.2) is 45.1 Å². The number of nitrogens with zero attached hydrogens (tertiary/aromatic N) is 3. The molecule has 0 saturated heterocycles. The number of aryl methyl sites for hydroxylation is 1. The lowest BCUT2D eigenvalue weighted by atomic mass is 9.92. The predicted octanol–water partition coefficient (Wildman–Crippen LogP) is 4.07. The molecule has 0 saturated carbocycles. The van der Waals surface area contributed by atoms with Gasteiger partial charge < -0.3 is 14.2 Å². The van der Waals surface area contributed by atoms with Crippen molar-refractivity contribution in [2.75, 3.05) is 6.61 Å². The van der Waals surface area contributed by atoms with Crippen LogP contribution in [0.2, 0.25) is 0 Å². The number of nitrogens with one attached hydrogen (secondary N) is 1. The summed E-state index contributed by atoms with van der Waals surface area (Å²) in [6.45, 7) is 10.8. The van der Waals surface area contributed by atoms with Crippen molar-refractivity contribution >= 4 is 31.7 Å². The zero-order valence-corrected chi connectivity index (χ0v) is 22.7. The molecule has 1 aromatic heterocycles. The van der Waals surface area contributed by atoms with Gasteiger partial charge in [-0.1, -0.05) is 30.4 Å². The molecule has 1 amide bonds. The molecular weight excluding hydrogens is 582 g/mol. The number of alkyl halides is 6. The Morgan fingerprint density at radius 1 is 1.08 bits per heavy atom. The fourth-order valence-corrected chi connectivity index (χ4v) is 4.34. The highest BCUT2D eigenvalue weighted by molar-refractivity contribution is 8.13. The van der Waals surface area contributed by atoms with Gasteiger partial charge in [-0.05, 0) is 38.0 Å². The van der Waals surface area contributed by atoms with Crippen LogP contribution in [0.15, 0.2) is 49.6 Å². The molecule has 2 aromatic rings. The van der Waals surface area contributed by atoms with Crippen molar-refractivity contribution < 1.29 is 57.3 Å². The van der Waals surface area contributed by atoms with Crippen LogP contribution >= 0.6 is 0 Å². The number of amides is 1. The van der Waals surface area contributed by atoms with E-state index in [4.69, 9.17) is 4.74 Å². The van der Waals surface area contributed by atoms with Crippen LogP contribution in [0.3, 0.4) is 0 Å². The van der Waals surface area contributed by atoms with Crippen molar-refractivity contribution in [3.8, 4) is 0 Å². The van der Waals surface area contributed by atoms with Gasteiger partial charge in [0.15, 0.2) is 20.0 Å². The van der Waals surface area contributed by atoms with Crippen molar-refractivity contribution in [2.45, 2.75) is 43.9 Å². The van der Waals surface area contributed by atoms with Crippen molar-refractivity contribution in [1.82, 2.24) is 9.88 Å². The van der Waals surface area contributed by atoms with Crippen molar-refractivity contribution in [2.24, 2.45) is 7.05 Å². The number of aromatic nitrogens is 2. The van der Waals surface area contributed by atoms with Gasteiger partial charge in [-0.15, -0.1) is 0 Å². The quantitative estimate of drug-likeness (QED) is 0.356. The Bertz CT molecular complexity index is 1340. The number of halogens is 6. The molecule has 0 aliphatic heterocycles. The second-order valence-electron chi connectivity index (χ2n) is 8.48. The molecule has 0 aliphatic rings. The van der Waals surface area contributed by atoms with Crippen LogP contribution in [0.1, 0.15) is 31.9 Å². The Hall–Kier alpha value is -3.12. The number of carbonyl (C=O) groups is 1. The molecule has 18 heteroatoms. The first-order valence-electron chi connectivity index (χ1n) is 10.6. The van der Waals surface area contributed by atoms with Gasteiger partial charge in [0.25, 0.3) is 0 Å². The summed E-state index contributed by atoms with van der Waals surface area (Å²) < 4.78 is 118. The van der Waals surface area contributed by atoms with E-state index < -0.39 is 42.7 Å². The normalized spacial score (nSPS) is 12.8. The van der Waals surface area contributed by atoms with Gasteiger partial charge in [0.05, 0.1) is 12.6 Å². The summed E-state index contributed by atoms with van der Waals surface area (Å²) in [6.07, 6.45) is 5.40. The third-order valence-electron chi connectivity index (χ3n) is 4.68. The standard InChI is InChI=1S/C19H25N3O2.C2F6NO4S2/c1-15(2)16-7-6-8-17(13-16)19(3,4)20-18(23)24-12-11-22-10-9-21(5)14-22;3-1(4,5)14(10,11)9-15(12,13)2(6,7)8/h6-10,13-14H,1,11-12H2,2-5H3;/q;-1/p+1. The molecule has 2 rings (SSSR count). The summed E-state index contributed by atoms with van der Waals surface area (Å²) >= 11 is 0.